The van der Waals surface area contributed by atoms with Gasteiger partial charge in [-0.1, -0.05) is 19.1 Å². The van der Waals surface area contributed by atoms with Gasteiger partial charge in [-0.2, -0.15) is 0 Å². The summed E-state index contributed by atoms with van der Waals surface area (Å²) >= 11 is 0. The van der Waals surface area contributed by atoms with Gasteiger partial charge in [-0.25, -0.2) is 18.4 Å². The highest BCUT2D eigenvalue weighted by molar-refractivity contribution is 7.90. The van der Waals surface area contributed by atoms with E-state index >= 15 is 0 Å². The molecule has 8 heteroatoms. The molecule has 1 saturated heterocycles. The van der Waals surface area contributed by atoms with Gasteiger partial charge in [0.1, 0.15) is 0 Å². The molecule has 7 nitrogen and oxygen atoms in total. The molecule has 2 heterocycles. The Balaban J connectivity index is 1.27. The molecule has 1 aromatic carbocycles. The summed E-state index contributed by atoms with van der Waals surface area (Å²) in [5.74, 6) is 2.76. The minimum absolute atomic E-state index is 0.0672. The number of piperidine rings is 1. The molecule has 2 fully saturated rings. The second-order valence-corrected chi connectivity index (χ2v) is 11.4. The SMILES string of the molecule is CCc1cnc(N2CCC([C@H]3C[C@H]3[C@@H](COC)OCc3ccc(S(C)(=O)=O)cc3)CC2)nc1. The normalized spacial score (nSPS) is 22.3. The summed E-state index contributed by atoms with van der Waals surface area (Å²) in [4.78, 5) is 11.7. The first kappa shape index (κ1) is 24.1. The number of aryl methyl sites for hydroxylation is 1. The average molecular weight is 474 g/mol. The number of aromatic nitrogens is 2. The van der Waals surface area contributed by atoms with Crippen LogP contribution in [0, 0.1) is 17.8 Å². The van der Waals surface area contributed by atoms with E-state index in [0.717, 1.165) is 43.9 Å². The number of sulfone groups is 1. The summed E-state index contributed by atoms with van der Waals surface area (Å²) in [6.07, 6.45) is 9.63. The first-order valence-corrected chi connectivity index (χ1v) is 13.7. The van der Waals surface area contributed by atoms with Crippen LogP contribution < -0.4 is 4.90 Å². The highest BCUT2D eigenvalue weighted by Crippen LogP contribution is 2.50. The minimum atomic E-state index is -3.18. The molecular formula is C25H35N3O4S. The Morgan fingerprint density at radius 3 is 2.33 bits per heavy atom. The standard InChI is InChI=1S/C25H35N3O4S/c1-4-18-14-26-25(27-15-18)28-11-9-20(10-12-28)22-13-23(22)24(17-31-2)32-16-19-5-7-21(8-6-19)33(3,29)30/h5-8,14-15,20,22-24H,4,9-13,16-17H2,1-3H3/t22-,23-,24-/m1/s1. The Morgan fingerprint density at radius 1 is 1.09 bits per heavy atom. The molecule has 33 heavy (non-hydrogen) atoms. The number of hydrogen-bond donors (Lipinski definition) is 0. The van der Waals surface area contributed by atoms with E-state index in [1.807, 2.05) is 24.5 Å². The van der Waals surface area contributed by atoms with E-state index in [0.29, 0.717) is 35.9 Å². The van der Waals surface area contributed by atoms with Crippen molar-refractivity contribution in [1.82, 2.24) is 9.97 Å². The molecule has 0 unspecified atom stereocenters. The Kier molecular flexibility index (Phi) is 7.66. The van der Waals surface area contributed by atoms with Crippen molar-refractivity contribution in [3.63, 3.8) is 0 Å². The van der Waals surface area contributed by atoms with E-state index in [1.165, 1.54) is 18.2 Å². The molecule has 180 valence electrons. The molecule has 0 amide bonds. The van der Waals surface area contributed by atoms with Gasteiger partial charge in [0.15, 0.2) is 9.84 Å². The monoisotopic (exact) mass is 473 g/mol. The van der Waals surface area contributed by atoms with E-state index in [1.54, 1.807) is 19.2 Å². The predicted octanol–water partition coefficient (Wildman–Crippen LogP) is 3.53. The van der Waals surface area contributed by atoms with Gasteiger partial charge in [0.2, 0.25) is 5.95 Å². The molecule has 2 aliphatic rings. The van der Waals surface area contributed by atoms with Crippen LogP contribution in [-0.2, 0) is 32.3 Å². The van der Waals surface area contributed by atoms with Crippen molar-refractivity contribution in [2.45, 2.75) is 50.2 Å². The van der Waals surface area contributed by atoms with Crippen LogP contribution >= 0.6 is 0 Å². The van der Waals surface area contributed by atoms with Gasteiger partial charge in [-0.3, -0.25) is 0 Å². The lowest BCUT2D eigenvalue weighted by Crippen LogP contribution is -2.36. The van der Waals surface area contributed by atoms with Crippen molar-refractivity contribution in [2.75, 3.05) is 38.0 Å². The Bertz CT molecular complexity index is 1000. The zero-order chi connectivity index (χ0) is 23.4. The lowest BCUT2D eigenvalue weighted by atomic mass is 9.90. The number of nitrogens with zero attached hydrogens (tertiary/aromatic N) is 3. The third-order valence-electron chi connectivity index (χ3n) is 7.04. The first-order valence-electron chi connectivity index (χ1n) is 11.8. The molecular weight excluding hydrogens is 438 g/mol. The maximum Gasteiger partial charge on any atom is 0.225 e. The van der Waals surface area contributed by atoms with Gasteiger partial charge >= 0.3 is 0 Å². The molecule has 4 rings (SSSR count). The molecule has 0 bridgehead atoms. The second-order valence-electron chi connectivity index (χ2n) is 9.35. The highest BCUT2D eigenvalue weighted by atomic mass is 32.2. The first-order chi connectivity index (χ1) is 15.9. The van der Waals surface area contributed by atoms with Gasteiger partial charge in [-0.15, -0.1) is 0 Å². The second kappa shape index (κ2) is 10.5. The number of methoxy groups -OCH3 is 1. The maximum absolute atomic E-state index is 11.6. The number of rotatable bonds is 10. The third kappa shape index (κ3) is 6.11. The van der Waals surface area contributed by atoms with Gasteiger partial charge in [-0.05, 0) is 66.7 Å². The number of ether oxygens (including phenoxy) is 2. The van der Waals surface area contributed by atoms with Crippen LogP contribution in [0.1, 0.15) is 37.3 Å². The van der Waals surface area contributed by atoms with Crippen molar-refractivity contribution in [3.8, 4) is 0 Å². The summed E-state index contributed by atoms with van der Waals surface area (Å²) < 4.78 is 35.0. The van der Waals surface area contributed by atoms with E-state index in [2.05, 4.69) is 21.8 Å². The van der Waals surface area contributed by atoms with Crippen LogP contribution in [0.4, 0.5) is 5.95 Å². The van der Waals surface area contributed by atoms with Crippen molar-refractivity contribution in [2.24, 2.45) is 17.8 Å². The maximum atomic E-state index is 11.6. The predicted molar refractivity (Wildman–Crippen MR) is 128 cm³/mol. The summed E-state index contributed by atoms with van der Waals surface area (Å²) in [5.41, 5.74) is 2.15. The van der Waals surface area contributed by atoms with Crippen molar-refractivity contribution < 1.29 is 17.9 Å². The van der Waals surface area contributed by atoms with E-state index < -0.39 is 9.84 Å². The van der Waals surface area contributed by atoms with E-state index in [-0.39, 0.29) is 6.10 Å². The van der Waals surface area contributed by atoms with Crippen molar-refractivity contribution in [1.29, 1.82) is 0 Å². The van der Waals surface area contributed by atoms with Crippen LogP contribution in [0.3, 0.4) is 0 Å². The van der Waals surface area contributed by atoms with Crippen LogP contribution in [0.5, 0.6) is 0 Å². The molecule has 3 atom stereocenters. The lowest BCUT2D eigenvalue weighted by molar-refractivity contribution is -0.0280. The molecule has 2 aromatic rings. The Morgan fingerprint density at radius 2 is 1.76 bits per heavy atom. The third-order valence-corrected chi connectivity index (χ3v) is 8.17. The van der Waals surface area contributed by atoms with E-state index in [9.17, 15) is 8.42 Å². The van der Waals surface area contributed by atoms with Gasteiger partial charge in [0.05, 0.1) is 24.2 Å². The lowest BCUT2D eigenvalue weighted by Gasteiger charge is -2.32. The Hall–Kier alpha value is -2.03. The van der Waals surface area contributed by atoms with Crippen LogP contribution in [-0.4, -0.2) is 57.6 Å². The fourth-order valence-corrected chi connectivity index (χ4v) is 5.55. The van der Waals surface area contributed by atoms with E-state index in [4.69, 9.17) is 9.47 Å². The quantitative estimate of drug-likeness (QED) is 0.522. The van der Waals surface area contributed by atoms with Gasteiger partial charge in [0, 0.05) is 38.8 Å². The summed E-state index contributed by atoms with van der Waals surface area (Å²) in [6, 6.07) is 6.95. The van der Waals surface area contributed by atoms with Gasteiger partial charge < -0.3 is 14.4 Å². The minimum Gasteiger partial charge on any atom is -0.382 e. The molecule has 0 N–H and O–H groups in total. The fraction of sp³-hybridized carbons (Fsp3) is 0.600. The zero-order valence-corrected chi connectivity index (χ0v) is 20.6. The number of benzene rings is 1. The highest BCUT2D eigenvalue weighted by Gasteiger charge is 2.48. The number of hydrogen-bond acceptors (Lipinski definition) is 7. The molecule has 1 saturated carbocycles. The van der Waals surface area contributed by atoms with Crippen molar-refractivity contribution >= 4 is 15.8 Å². The van der Waals surface area contributed by atoms with Crippen molar-refractivity contribution in [3.05, 3.63) is 47.8 Å². The van der Waals surface area contributed by atoms with Crippen LogP contribution in [0.2, 0.25) is 0 Å². The molecule has 1 aliphatic carbocycles. The topological polar surface area (TPSA) is 81.6 Å². The summed E-state index contributed by atoms with van der Waals surface area (Å²) in [7, 11) is -1.46. The molecule has 0 radical (unpaired) electrons. The molecule has 0 spiro atoms. The largest absolute Gasteiger partial charge is 0.382 e. The van der Waals surface area contributed by atoms with Gasteiger partial charge in [0.25, 0.3) is 0 Å². The smallest absolute Gasteiger partial charge is 0.225 e. The Labute approximate surface area is 197 Å². The molecule has 1 aliphatic heterocycles. The number of anilines is 1. The zero-order valence-electron chi connectivity index (χ0n) is 19.8. The molecule has 1 aromatic heterocycles. The summed E-state index contributed by atoms with van der Waals surface area (Å²) in [6.45, 7) is 5.17. The average Bonchev–Trinajstić information content (AvgIpc) is 3.62. The van der Waals surface area contributed by atoms with Crippen LogP contribution in [0.25, 0.3) is 0 Å². The summed E-state index contributed by atoms with van der Waals surface area (Å²) in [5, 5.41) is 0. The fourth-order valence-electron chi connectivity index (χ4n) is 4.92. The van der Waals surface area contributed by atoms with Crippen LogP contribution in [0.15, 0.2) is 41.6 Å².